The van der Waals surface area contributed by atoms with Crippen LogP contribution < -0.4 is 4.74 Å². The summed E-state index contributed by atoms with van der Waals surface area (Å²) in [6.07, 6.45) is 5.34. The number of likely N-dealkylation sites (tertiary alicyclic amines) is 1. The Hall–Kier alpha value is -1.81. The van der Waals surface area contributed by atoms with Crippen molar-refractivity contribution in [2.75, 3.05) is 20.3 Å². The predicted octanol–water partition coefficient (Wildman–Crippen LogP) is 2.64. The second-order valence-electron chi connectivity index (χ2n) is 6.04. The number of hydrogen-bond donors (Lipinski definition) is 1. The molecule has 0 aliphatic carbocycles. The van der Waals surface area contributed by atoms with Gasteiger partial charge in [0.25, 0.3) is 0 Å². The Labute approximate surface area is 132 Å². The van der Waals surface area contributed by atoms with Crippen molar-refractivity contribution in [3.05, 3.63) is 35.4 Å². The van der Waals surface area contributed by atoms with E-state index >= 15 is 0 Å². The number of ether oxygens (including phenoxy) is 1. The molecule has 1 aromatic rings. The molecule has 120 valence electrons. The number of aryl methyl sites for hydroxylation is 1. The Morgan fingerprint density at radius 2 is 2.23 bits per heavy atom. The van der Waals surface area contributed by atoms with Crippen molar-refractivity contribution in [1.29, 1.82) is 0 Å². The number of carbonyl (C=O) groups excluding carboxylic acids is 1. The van der Waals surface area contributed by atoms with E-state index in [0.717, 1.165) is 29.7 Å². The molecule has 1 fully saturated rings. The molecule has 1 aliphatic rings. The van der Waals surface area contributed by atoms with Crippen molar-refractivity contribution in [1.82, 2.24) is 4.90 Å². The highest BCUT2D eigenvalue weighted by Crippen LogP contribution is 2.23. The molecule has 0 aromatic heterocycles. The van der Waals surface area contributed by atoms with Gasteiger partial charge in [-0.05, 0) is 50.8 Å². The second-order valence-corrected chi connectivity index (χ2v) is 6.04. The van der Waals surface area contributed by atoms with Crippen molar-refractivity contribution in [2.24, 2.45) is 5.92 Å². The zero-order chi connectivity index (χ0) is 16.1. The number of methoxy groups -OCH3 is 1. The van der Waals surface area contributed by atoms with Crippen LogP contribution in [0.3, 0.4) is 0 Å². The zero-order valence-electron chi connectivity index (χ0n) is 13.6. The molecule has 4 nitrogen and oxygen atoms in total. The Balaban J connectivity index is 2.12. The molecule has 2 rings (SSSR count). The maximum Gasteiger partial charge on any atom is 0.246 e. The van der Waals surface area contributed by atoms with Gasteiger partial charge in [0.05, 0.1) is 7.11 Å². The average Bonchev–Trinajstić information content (AvgIpc) is 2.53. The summed E-state index contributed by atoms with van der Waals surface area (Å²) < 4.78 is 5.32. The summed E-state index contributed by atoms with van der Waals surface area (Å²) in [6, 6.07) is 6.11. The van der Waals surface area contributed by atoms with Crippen molar-refractivity contribution < 1.29 is 14.6 Å². The van der Waals surface area contributed by atoms with E-state index in [-0.39, 0.29) is 24.5 Å². The molecule has 0 saturated carbocycles. The summed E-state index contributed by atoms with van der Waals surface area (Å²) in [4.78, 5) is 14.3. The third-order valence-electron chi connectivity index (χ3n) is 4.31. The van der Waals surface area contributed by atoms with Crippen molar-refractivity contribution >= 4 is 12.0 Å². The number of rotatable bonds is 4. The van der Waals surface area contributed by atoms with Gasteiger partial charge < -0.3 is 14.7 Å². The van der Waals surface area contributed by atoms with Crippen LogP contribution in [0.2, 0.25) is 0 Å². The third-order valence-corrected chi connectivity index (χ3v) is 4.31. The number of hydrogen-bond acceptors (Lipinski definition) is 3. The SMILES string of the molecule is COc1ccc(C)cc1/C=C/C(=O)N1CC(CO)CCC1C. The van der Waals surface area contributed by atoms with Crippen molar-refractivity contribution in [2.45, 2.75) is 32.7 Å². The Kier molecular flexibility index (Phi) is 5.61. The number of amides is 1. The van der Waals surface area contributed by atoms with Crippen LogP contribution in [-0.4, -0.2) is 42.2 Å². The normalized spacial score (nSPS) is 22.1. The maximum absolute atomic E-state index is 12.4. The molecule has 0 spiro atoms. The van der Waals surface area contributed by atoms with Gasteiger partial charge >= 0.3 is 0 Å². The molecular weight excluding hydrogens is 278 g/mol. The summed E-state index contributed by atoms with van der Waals surface area (Å²) >= 11 is 0. The van der Waals surface area contributed by atoms with Gasteiger partial charge in [0.2, 0.25) is 5.91 Å². The molecule has 22 heavy (non-hydrogen) atoms. The van der Waals surface area contributed by atoms with E-state index in [1.807, 2.05) is 36.1 Å². The fraction of sp³-hybridized carbons (Fsp3) is 0.500. The first-order valence-corrected chi connectivity index (χ1v) is 7.79. The predicted molar refractivity (Wildman–Crippen MR) is 87.7 cm³/mol. The number of carbonyl (C=O) groups is 1. The van der Waals surface area contributed by atoms with Crippen molar-refractivity contribution in [3.8, 4) is 5.75 Å². The lowest BCUT2D eigenvalue weighted by Crippen LogP contribution is -2.45. The summed E-state index contributed by atoms with van der Waals surface area (Å²) in [5.74, 6) is 0.950. The Morgan fingerprint density at radius 1 is 1.45 bits per heavy atom. The average molecular weight is 303 g/mol. The van der Waals surface area contributed by atoms with Crippen LogP contribution in [0.1, 0.15) is 30.9 Å². The van der Waals surface area contributed by atoms with Gasteiger partial charge in [0.1, 0.15) is 5.75 Å². The van der Waals surface area contributed by atoms with Gasteiger partial charge in [0.15, 0.2) is 0 Å². The molecule has 4 heteroatoms. The molecule has 2 atom stereocenters. The number of aliphatic hydroxyl groups excluding tert-OH is 1. The first-order chi connectivity index (χ1) is 10.5. The lowest BCUT2D eigenvalue weighted by molar-refractivity contribution is -0.130. The molecule has 1 aromatic carbocycles. The van der Waals surface area contributed by atoms with E-state index < -0.39 is 0 Å². The quantitative estimate of drug-likeness (QED) is 0.870. The van der Waals surface area contributed by atoms with Crippen LogP contribution >= 0.6 is 0 Å². The minimum Gasteiger partial charge on any atom is -0.496 e. The highest BCUT2D eigenvalue weighted by molar-refractivity contribution is 5.92. The number of piperidine rings is 1. The molecule has 1 aliphatic heterocycles. The van der Waals surface area contributed by atoms with E-state index in [2.05, 4.69) is 6.92 Å². The van der Waals surface area contributed by atoms with Crippen LogP contribution in [0.15, 0.2) is 24.3 Å². The second kappa shape index (κ2) is 7.45. The molecule has 1 amide bonds. The number of nitrogens with zero attached hydrogens (tertiary/aromatic N) is 1. The highest BCUT2D eigenvalue weighted by Gasteiger charge is 2.27. The van der Waals surface area contributed by atoms with Crippen LogP contribution in [0.5, 0.6) is 5.75 Å². The summed E-state index contributed by atoms with van der Waals surface area (Å²) in [5.41, 5.74) is 2.03. The molecular formula is C18H25NO3. The van der Waals surface area contributed by atoms with Gasteiger partial charge in [-0.1, -0.05) is 11.6 Å². The molecule has 0 radical (unpaired) electrons. The fourth-order valence-corrected chi connectivity index (χ4v) is 2.88. The monoisotopic (exact) mass is 303 g/mol. The minimum atomic E-state index is -0.00536. The third kappa shape index (κ3) is 3.89. The molecule has 1 heterocycles. The van der Waals surface area contributed by atoms with Gasteiger partial charge in [-0.15, -0.1) is 0 Å². The van der Waals surface area contributed by atoms with Crippen LogP contribution in [-0.2, 0) is 4.79 Å². The van der Waals surface area contributed by atoms with Gasteiger partial charge in [0, 0.05) is 30.8 Å². The molecule has 2 unspecified atom stereocenters. The van der Waals surface area contributed by atoms with Crippen LogP contribution in [0.25, 0.3) is 6.08 Å². The lowest BCUT2D eigenvalue weighted by atomic mass is 9.94. The van der Waals surface area contributed by atoms with Crippen molar-refractivity contribution in [3.63, 3.8) is 0 Å². The first kappa shape index (κ1) is 16.6. The van der Waals surface area contributed by atoms with E-state index in [1.165, 1.54) is 0 Å². The van der Waals surface area contributed by atoms with Crippen LogP contribution in [0.4, 0.5) is 0 Å². The number of benzene rings is 1. The lowest BCUT2D eigenvalue weighted by Gasteiger charge is -2.36. The fourth-order valence-electron chi connectivity index (χ4n) is 2.88. The first-order valence-electron chi connectivity index (χ1n) is 7.79. The zero-order valence-corrected chi connectivity index (χ0v) is 13.6. The van der Waals surface area contributed by atoms with E-state index in [4.69, 9.17) is 4.74 Å². The van der Waals surface area contributed by atoms with Crippen LogP contribution in [0, 0.1) is 12.8 Å². The standard InChI is InChI=1S/C18H25NO3/c1-13-4-8-17(22-3)16(10-13)7-9-18(21)19-11-15(12-20)6-5-14(19)2/h4,7-10,14-15,20H,5-6,11-12H2,1-3H3/b9-7+. The Bertz CT molecular complexity index is 553. The van der Waals surface area contributed by atoms with E-state index in [0.29, 0.717) is 6.54 Å². The minimum absolute atomic E-state index is 0.00536. The highest BCUT2D eigenvalue weighted by atomic mass is 16.5. The maximum atomic E-state index is 12.4. The van der Waals surface area contributed by atoms with Gasteiger partial charge in [-0.2, -0.15) is 0 Å². The van der Waals surface area contributed by atoms with E-state index in [9.17, 15) is 9.90 Å². The van der Waals surface area contributed by atoms with Gasteiger partial charge in [-0.25, -0.2) is 0 Å². The summed E-state index contributed by atoms with van der Waals surface area (Å²) in [7, 11) is 1.63. The van der Waals surface area contributed by atoms with Gasteiger partial charge in [-0.3, -0.25) is 4.79 Å². The molecule has 1 saturated heterocycles. The topological polar surface area (TPSA) is 49.8 Å². The molecule has 0 bridgehead atoms. The molecule has 1 N–H and O–H groups in total. The smallest absolute Gasteiger partial charge is 0.246 e. The largest absolute Gasteiger partial charge is 0.496 e. The van der Waals surface area contributed by atoms with E-state index in [1.54, 1.807) is 13.2 Å². The Morgan fingerprint density at radius 3 is 2.91 bits per heavy atom. The summed E-state index contributed by atoms with van der Waals surface area (Å²) in [5, 5.41) is 9.31. The summed E-state index contributed by atoms with van der Waals surface area (Å²) in [6.45, 7) is 4.85. The number of aliphatic hydroxyl groups is 1.